The quantitative estimate of drug-likeness (QED) is 0.742. The Hall–Kier alpha value is -0.970. The van der Waals surface area contributed by atoms with E-state index < -0.39 is 11.4 Å². The zero-order valence-electron chi connectivity index (χ0n) is 11.5. The van der Waals surface area contributed by atoms with Gasteiger partial charge in [0.25, 0.3) is 0 Å². The largest absolute Gasteiger partial charge is 0.481 e. The Balaban J connectivity index is 2.73. The fourth-order valence-corrected chi connectivity index (χ4v) is 2.76. The molecule has 1 rings (SSSR count). The van der Waals surface area contributed by atoms with E-state index in [4.69, 9.17) is 0 Å². The van der Waals surface area contributed by atoms with E-state index in [-0.39, 0.29) is 0 Å². The van der Waals surface area contributed by atoms with Gasteiger partial charge in [-0.1, -0.05) is 20.8 Å². The highest BCUT2D eigenvalue weighted by atomic mass is 16.4. The van der Waals surface area contributed by atoms with Gasteiger partial charge in [-0.25, -0.2) is 0 Å². The number of hydrogen-bond acceptors (Lipinski definition) is 1. The van der Waals surface area contributed by atoms with Gasteiger partial charge >= 0.3 is 5.97 Å². The normalized spacial score (nSPS) is 29.3. The predicted molar refractivity (Wildman–Crippen MR) is 69.5 cm³/mol. The molecule has 17 heavy (non-hydrogen) atoms. The predicted octanol–water partition coefficient (Wildman–Crippen LogP) is 3.71. The molecule has 2 heteroatoms. The van der Waals surface area contributed by atoms with Gasteiger partial charge in [-0.15, -0.1) is 11.8 Å². The number of hydrogen-bond donors (Lipinski definition) is 1. The molecule has 0 amide bonds. The second-order valence-corrected chi connectivity index (χ2v) is 6.33. The van der Waals surface area contributed by atoms with Crippen molar-refractivity contribution in [3.8, 4) is 11.8 Å². The van der Waals surface area contributed by atoms with Gasteiger partial charge in [-0.3, -0.25) is 4.79 Å². The maximum Gasteiger partial charge on any atom is 0.310 e. The maximum atomic E-state index is 11.5. The highest BCUT2D eigenvalue weighted by Gasteiger charge is 2.43. The van der Waals surface area contributed by atoms with Crippen LogP contribution < -0.4 is 0 Å². The standard InChI is InChI=1S/C15H24O2/c1-5-6-9-15(13(16)17)10-7-12(8-11-15)14(2,3)4/h12H,7-11H2,1-4H3,(H,16,17). The van der Waals surface area contributed by atoms with E-state index in [0.717, 1.165) is 25.7 Å². The van der Waals surface area contributed by atoms with Crippen LogP contribution in [0.3, 0.4) is 0 Å². The molecular weight excluding hydrogens is 212 g/mol. The molecule has 1 aliphatic carbocycles. The Morgan fingerprint density at radius 1 is 1.35 bits per heavy atom. The molecule has 0 aromatic heterocycles. The smallest absolute Gasteiger partial charge is 0.310 e. The Kier molecular flexibility index (Phi) is 4.25. The second-order valence-electron chi connectivity index (χ2n) is 6.33. The first-order valence-electron chi connectivity index (χ1n) is 6.45. The van der Waals surface area contributed by atoms with Gasteiger partial charge in [0.15, 0.2) is 0 Å². The second kappa shape index (κ2) is 5.12. The lowest BCUT2D eigenvalue weighted by atomic mass is 9.63. The van der Waals surface area contributed by atoms with E-state index in [1.807, 2.05) is 0 Å². The summed E-state index contributed by atoms with van der Waals surface area (Å²) in [7, 11) is 0. The van der Waals surface area contributed by atoms with E-state index in [0.29, 0.717) is 17.8 Å². The van der Waals surface area contributed by atoms with Crippen molar-refractivity contribution in [3.05, 3.63) is 0 Å². The molecule has 1 N–H and O–H groups in total. The first-order chi connectivity index (χ1) is 7.82. The molecule has 0 atom stereocenters. The van der Waals surface area contributed by atoms with Gasteiger partial charge in [-0.2, -0.15) is 0 Å². The van der Waals surface area contributed by atoms with Gasteiger partial charge in [0, 0.05) is 6.42 Å². The van der Waals surface area contributed by atoms with Crippen molar-refractivity contribution in [2.45, 2.75) is 59.8 Å². The average molecular weight is 236 g/mol. The minimum Gasteiger partial charge on any atom is -0.481 e. The number of carbonyl (C=O) groups is 1. The van der Waals surface area contributed by atoms with Gasteiger partial charge in [-0.05, 0) is 43.9 Å². The van der Waals surface area contributed by atoms with Crippen molar-refractivity contribution in [3.63, 3.8) is 0 Å². The summed E-state index contributed by atoms with van der Waals surface area (Å²) >= 11 is 0. The fourth-order valence-electron chi connectivity index (χ4n) is 2.76. The highest BCUT2D eigenvalue weighted by Crippen LogP contribution is 2.47. The molecule has 2 nitrogen and oxygen atoms in total. The van der Waals surface area contributed by atoms with E-state index in [1.54, 1.807) is 6.92 Å². The summed E-state index contributed by atoms with van der Waals surface area (Å²) in [5.74, 6) is 5.77. The molecule has 1 fully saturated rings. The van der Waals surface area contributed by atoms with Crippen LogP contribution in [0.4, 0.5) is 0 Å². The van der Waals surface area contributed by atoms with Gasteiger partial charge in [0.05, 0.1) is 5.41 Å². The van der Waals surface area contributed by atoms with E-state index in [2.05, 4.69) is 32.6 Å². The minimum atomic E-state index is -0.660. The van der Waals surface area contributed by atoms with Crippen LogP contribution in [-0.2, 0) is 4.79 Å². The van der Waals surface area contributed by atoms with Crippen molar-refractivity contribution in [2.75, 3.05) is 0 Å². The number of carboxylic acids is 1. The van der Waals surface area contributed by atoms with Gasteiger partial charge in [0.2, 0.25) is 0 Å². The summed E-state index contributed by atoms with van der Waals surface area (Å²) in [6, 6.07) is 0. The Labute approximate surface area is 105 Å². The van der Waals surface area contributed by atoms with Crippen LogP contribution in [0.2, 0.25) is 0 Å². The van der Waals surface area contributed by atoms with Crippen LogP contribution in [-0.4, -0.2) is 11.1 Å². The molecule has 96 valence electrons. The lowest BCUT2D eigenvalue weighted by Gasteiger charge is -2.41. The summed E-state index contributed by atoms with van der Waals surface area (Å²) in [6.07, 6.45) is 4.09. The monoisotopic (exact) mass is 236 g/mol. The number of carboxylic acid groups (broad SMARTS) is 1. The maximum absolute atomic E-state index is 11.5. The molecule has 0 bridgehead atoms. The van der Waals surface area contributed by atoms with E-state index in [9.17, 15) is 9.90 Å². The molecular formula is C15H24O2. The van der Waals surface area contributed by atoms with Crippen LogP contribution in [0.25, 0.3) is 0 Å². The fraction of sp³-hybridized carbons (Fsp3) is 0.800. The third kappa shape index (κ3) is 3.25. The summed E-state index contributed by atoms with van der Waals surface area (Å²) in [5.41, 5.74) is -0.286. The first kappa shape index (κ1) is 14.1. The molecule has 0 unspecified atom stereocenters. The highest BCUT2D eigenvalue weighted by molar-refractivity contribution is 5.75. The molecule has 1 aliphatic rings. The van der Waals surface area contributed by atoms with Gasteiger partial charge < -0.3 is 5.11 Å². The average Bonchev–Trinajstić information content (AvgIpc) is 2.25. The van der Waals surface area contributed by atoms with Crippen LogP contribution in [0, 0.1) is 28.6 Å². The van der Waals surface area contributed by atoms with E-state index in [1.165, 1.54) is 0 Å². The van der Waals surface area contributed by atoms with E-state index >= 15 is 0 Å². The molecule has 0 saturated heterocycles. The molecule has 0 heterocycles. The third-order valence-corrected chi connectivity index (χ3v) is 4.22. The molecule has 0 aromatic rings. The van der Waals surface area contributed by atoms with Gasteiger partial charge in [0.1, 0.15) is 0 Å². The van der Waals surface area contributed by atoms with Crippen molar-refractivity contribution in [1.82, 2.24) is 0 Å². The summed E-state index contributed by atoms with van der Waals surface area (Å²) in [6.45, 7) is 8.52. The third-order valence-electron chi connectivity index (χ3n) is 4.22. The zero-order chi connectivity index (χ0) is 13.1. The topological polar surface area (TPSA) is 37.3 Å². The van der Waals surface area contributed by atoms with Crippen molar-refractivity contribution < 1.29 is 9.90 Å². The molecule has 1 saturated carbocycles. The Bertz CT molecular complexity index is 330. The summed E-state index contributed by atoms with van der Waals surface area (Å²) in [4.78, 5) is 11.5. The first-order valence-corrected chi connectivity index (χ1v) is 6.45. The van der Waals surface area contributed by atoms with Crippen LogP contribution in [0.5, 0.6) is 0 Å². The van der Waals surface area contributed by atoms with Crippen LogP contribution in [0.15, 0.2) is 0 Å². The van der Waals surface area contributed by atoms with Crippen molar-refractivity contribution in [2.24, 2.45) is 16.7 Å². The van der Waals surface area contributed by atoms with Crippen molar-refractivity contribution >= 4 is 5.97 Å². The SMILES string of the molecule is CC#CCC1(C(=O)O)CCC(C(C)(C)C)CC1. The summed E-state index contributed by atoms with van der Waals surface area (Å²) < 4.78 is 0. The van der Waals surface area contributed by atoms with Crippen LogP contribution in [0.1, 0.15) is 59.8 Å². The Morgan fingerprint density at radius 2 is 1.88 bits per heavy atom. The Morgan fingerprint density at radius 3 is 2.24 bits per heavy atom. The number of aliphatic carboxylic acids is 1. The lowest BCUT2D eigenvalue weighted by molar-refractivity contribution is -0.152. The minimum absolute atomic E-state index is 0.293. The lowest BCUT2D eigenvalue weighted by Crippen LogP contribution is -2.38. The molecule has 0 radical (unpaired) electrons. The summed E-state index contributed by atoms with van der Waals surface area (Å²) in [5, 5.41) is 9.44. The molecule has 0 aliphatic heterocycles. The zero-order valence-corrected chi connectivity index (χ0v) is 11.5. The molecule has 0 spiro atoms. The van der Waals surface area contributed by atoms with Crippen LogP contribution >= 0.6 is 0 Å². The molecule has 0 aromatic carbocycles. The van der Waals surface area contributed by atoms with Crippen molar-refractivity contribution in [1.29, 1.82) is 0 Å². The number of rotatable bonds is 2.